The molecule has 7 aliphatic rings. The molecule has 0 saturated carbocycles. The van der Waals surface area contributed by atoms with Gasteiger partial charge in [-0.05, 0) is 141 Å². The molecule has 2 unspecified atom stereocenters. The van der Waals surface area contributed by atoms with Crippen molar-refractivity contribution >= 4 is 57.0 Å². The van der Waals surface area contributed by atoms with Gasteiger partial charge in [-0.25, -0.2) is 0 Å². The Morgan fingerprint density at radius 1 is 0.405 bits per heavy atom. The Morgan fingerprint density at radius 2 is 0.774 bits per heavy atom. The average Bonchev–Trinajstić information content (AvgIpc) is 1.67. The fourth-order valence-corrected chi connectivity index (χ4v) is 16.5. The highest BCUT2D eigenvalue weighted by Gasteiger charge is 2.53. The van der Waals surface area contributed by atoms with Crippen LogP contribution in [0.1, 0.15) is 293 Å². The molecule has 10 rings (SSSR count). The molecule has 0 fully saturated rings. The van der Waals surface area contributed by atoms with E-state index in [1.807, 2.05) is 50.2 Å². The minimum Gasteiger partial charge on any atom is -0.618 e. The van der Waals surface area contributed by atoms with Crippen molar-refractivity contribution in [2.75, 3.05) is 0 Å². The Labute approximate surface area is 510 Å². The molecular weight excluding hydrogens is 1030 g/mol. The smallest absolute Gasteiger partial charge is 0.228 e. The van der Waals surface area contributed by atoms with Gasteiger partial charge in [-0.1, -0.05) is 219 Å². The Balaban J connectivity index is 0.000000164. The molecule has 4 heterocycles. The fraction of sp³-hybridized carbons (Fsp3) is 0.623. The van der Waals surface area contributed by atoms with Crippen molar-refractivity contribution in [2.45, 2.75) is 276 Å². The maximum absolute atomic E-state index is 13.4. The van der Waals surface area contributed by atoms with Crippen molar-refractivity contribution in [3.05, 3.63) is 123 Å². The number of hydrogen-bond acceptors (Lipinski definition) is 4. The van der Waals surface area contributed by atoms with Crippen molar-refractivity contribution < 1.29 is 19.0 Å². The zero-order valence-electron chi connectivity index (χ0n) is 55.2. The average molecular weight is 1140 g/mol. The fourth-order valence-electron chi connectivity index (χ4n) is 16.5. The Hall–Kier alpha value is -5.17. The van der Waals surface area contributed by atoms with E-state index < -0.39 is 0 Å². The summed E-state index contributed by atoms with van der Waals surface area (Å²) < 4.78 is 9.72. The van der Waals surface area contributed by atoms with Gasteiger partial charge >= 0.3 is 0 Å². The van der Waals surface area contributed by atoms with Crippen LogP contribution in [0, 0.1) is 48.1 Å². The Morgan fingerprint density at radius 3 is 1.24 bits per heavy atom. The molecule has 84 heavy (non-hydrogen) atoms. The van der Waals surface area contributed by atoms with Gasteiger partial charge in [-0.3, -0.25) is 0 Å². The number of ether oxygens (including phenoxy) is 1. The van der Waals surface area contributed by atoms with Crippen molar-refractivity contribution in [2.24, 2.45) is 32.5 Å². The molecular formula is C77H111N3O4. The van der Waals surface area contributed by atoms with Gasteiger partial charge < -0.3 is 20.4 Å². The van der Waals surface area contributed by atoms with E-state index in [0.29, 0.717) is 0 Å². The zero-order valence-corrected chi connectivity index (χ0v) is 55.2. The lowest BCUT2D eigenvalue weighted by molar-refractivity contribution is -0.361. The molecule has 3 aromatic rings. The molecule has 0 aromatic heterocycles. The van der Waals surface area contributed by atoms with Crippen molar-refractivity contribution in [3.63, 3.8) is 0 Å². The quantitative estimate of drug-likeness (QED) is 0.0508. The summed E-state index contributed by atoms with van der Waals surface area (Å²) in [7, 11) is 0. The lowest BCUT2D eigenvalue weighted by Gasteiger charge is -2.42. The molecule has 0 saturated heterocycles. The number of hydrogen-bond donors (Lipinski definition) is 0. The maximum Gasteiger partial charge on any atom is 0.228 e. The lowest BCUT2D eigenvalue weighted by atomic mass is 9.60. The van der Waals surface area contributed by atoms with Crippen molar-refractivity contribution in [1.29, 1.82) is 0 Å². The van der Waals surface area contributed by atoms with Crippen molar-refractivity contribution in [3.8, 4) is 5.75 Å². The topological polar surface area (TPSA) is 87.4 Å². The molecule has 0 spiro atoms. The van der Waals surface area contributed by atoms with Gasteiger partial charge in [-0.15, -0.1) is 0 Å². The van der Waals surface area contributed by atoms with Gasteiger partial charge in [0, 0.05) is 17.7 Å². The third-order valence-electron chi connectivity index (χ3n) is 20.0. The number of unbranched alkanes of at least 4 members (excludes halogenated alkanes) is 16. The van der Waals surface area contributed by atoms with Crippen LogP contribution in [0.5, 0.6) is 5.75 Å². The molecule has 7 nitrogen and oxygen atoms in total. The van der Waals surface area contributed by atoms with Crippen LogP contribution in [-0.2, 0) is 0 Å². The highest BCUT2D eigenvalue weighted by molar-refractivity contribution is 6.29. The van der Waals surface area contributed by atoms with E-state index in [1.165, 1.54) is 179 Å². The Kier molecular flexibility index (Phi) is 20.7. The highest BCUT2D eigenvalue weighted by Crippen LogP contribution is 2.57. The minimum absolute atomic E-state index is 0.0830. The first kappa shape index (κ1) is 64.8. The van der Waals surface area contributed by atoms with Gasteiger partial charge in [0.25, 0.3) is 0 Å². The molecule has 0 bridgehead atoms. The van der Waals surface area contributed by atoms with E-state index in [1.54, 1.807) is 0 Å². The largest absolute Gasteiger partial charge is 0.618 e. The summed E-state index contributed by atoms with van der Waals surface area (Å²) in [5.74, 6) is 0.803. The second-order valence-electron chi connectivity index (χ2n) is 30.1. The first-order valence-corrected chi connectivity index (χ1v) is 33.9. The van der Waals surface area contributed by atoms with E-state index in [9.17, 15) is 15.6 Å². The van der Waals surface area contributed by atoms with Crippen molar-refractivity contribution in [1.82, 2.24) is 0 Å². The first-order chi connectivity index (χ1) is 39.9. The number of benzene rings is 3. The van der Waals surface area contributed by atoms with Crippen LogP contribution in [-0.4, -0.2) is 37.0 Å². The molecule has 0 radical (unpaired) electrons. The second kappa shape index (κ2) is 26.8. The molecule has 3 aliphatic carbocycles. The summed E-state index contributed by atoms with van der Waals surface area (Å²) in [6, 6.07) is 20.4. The number of allylic oxidation sites excluding steroid dienone is 6. The molecule has 0 amide bonds. The van der Waals surface area contributed by atoms with Crippen LogP contribution in [0.2, 0.25) is 0 Å². The highest BCUT2D eigenvalue weighted by atomic mass is 16.5. The third kappa shape index (κ3) is 14.5. The van der Waals surface area contributed by atoms with Crippen LogP contribution in [0.4, 0.5) is 17.1 Å². The maximum atomic E-state index is 13.4. The van der Waals surface area contributed by atoms with E-state index in [0.717, 1.165) is 87.0 Å². The third-order valence-corrected chi connectivity index (χ3v) is 20.0. The van der Waals surface area contributed by atoms with Gasteiger partial charge in [0.05, 0.1) is 55.7 Å². The van der Waals surface area contributed by atoms with Gasteiger partial charge in [0.2, 0.25) is 34.2 Å². The summed E-state index contributed by atoms with van der Waals surface area (Å²) >= 11 is 0. The number of rotatable bonds is 24. The van der Waals surface area contributed by atoms with Crippen LogP contribution >= 0.6 is 0 Å². The number of para-hydroxylation sites is 2. The van der Waals surface area contributed by atoms with E-state index in [4.69, 9.17) is 4.74 Å². The molecule has 4 aliphatic heterocycles. The monoisotopic (exact) mass is 1140 g/mol. The van der Waals surface area contributed by atoms with E-state index in [2.05, 4.69) is 138 Å². The van der Waals surface area contributed by atoms with E-state index in [-0.39, 0.29) is 38.1 Å². The molecule has 458 valence electrons. The van der Waals surface area contributed by atoms with Crippen LogP contribution in [0.3, 0.4) is 0 Å². The van der Waals surface area contributed by atoms with Crippen LogP contribution in [0.15, 0.2) is 85.0 Å². The minimum atomic E-state index is -0.344. The van der Waals surface area contributed by atoms with Gasteiger partial charge in [0.15, 0.2) is 0 Å². The number of nitrogens with zero attached hydrogens (tertiary/aromatic N) is 3. The summed E-state index contributed by atoms with van der Waals surface area (Å²) in [5, 5.41) is 39.4. The second-order valence-corrected chi connectivity index (χ2v) is 30.1. The number of fused-ring (bicyclic) bond motifs is 10. The SMILES string of the molecule is CCCCCCC1(C)C=C2C(=[N+]([O-])c3cc4c(cc32)C=CC(C)(C)O4)C(C)(C)C1.CCCCCCC1(CCCCCC)C=C2C(=[N+]([O-])c3ccccc32)C(C)(C)C1.CCCCCCCCCCC1(C)C=C2C(=[N+]([O-])c3ccccc32)C(C)(C)C1. The van der Waals surface area contributed by atoms with Gasteiger partial charge in [-0.2, -0.15) is 14.2 Å². The molecule has 3 aromatic carbocycles. The summed E-state index contributed by atoms with van der Waals surface area (Å²) in [5.41, 5.74) is 13.1. The predicted octanol–water partition coefficient (Wildman–Crippen LogP) is 22.9. The molecule has 7 heteroatoms. The van der Waals surface area contributed by atoms with Gasteiger partial charge in [0.1, 0.15) is 11.4 Å². The lowest BCUT2D eigenvalue weighted by Crippen LogP contribution is -2.39. The molecule has 2 atom stereocenters. The molecule has 0 N–H and O–H groups in total. The predicted molar refractivity (Wildman–Crippen MR) is 359 cm³/mol. The standard InChI is InChI=1S/C26H35NO2.C26H39NO.C25H37NO/c1-7-8-9-10-12-26(6)16-20-19-14-18-11-13-25(4,5)29-22(18)15-21(19)27(28)23(20)24(2,3)17-26;1-5-7-9-13-17-26(18-14-10-8-6-2)19-22-21-15-11-12-16-23(21)27(28)24(22)25(3,4)20-26;1-5-6-7-8-9-10-11-14-17-25(4)18-21-20-15-12-13-16-22(20)26(27)23(21)24(2,3)19-25/h11,13-16H,7-10,12,17H2,1-6H3;11-12,15-16,19H,5-10,13-14,17-18,20H2,1-4H3;12-13,15-16,18H,5-11,14,17,19H2,1-4H3. The zero-order chi connectivity index (χ0) is 60.7. The summed E-state index contributed by atoms with van der Waals surface area (Å²) in [4.78, 5) is 0. The first-order valence-electron chi connectivity index (χ1n) is 33.9. The Bertz CT molecular complexity index is 3030. The van der Waals surface area contributed by atoms with Crippen LogP contribution < -0.4 is 4.74 Å². The normalized spacial score (nSPS) is 22.8. The summed E-state index contributed by atoms with van der Waals surface area (Å²) in [6.07, 6.45) is 46.2. The summed E-state index contributed by atoms with van der Waals surface area (Å²) in [6.45, 7) is 31.5. The van der Waals surface area contributed by atoms with E-state index >= 15 is 0 Å². The van der Waals surface area contributed by atoms with Crippen LogP contribution in [0.25, 0.3) is 22.8 Å².